The first-order chi connectivity index (χ1) is 9.22. The third-order valence-electron chi connectivity index (χ3n) is 2.33. The minimum absolute atomic E-state index is 0.101. The standard InChI is InChI=1S/C13H12F4O3/c1-2-20-12(19)7-11(18)5-8-3-9(13(15,16)17)6-10(14)4-8/h3-4,6H,2,5,7H2,1H3. The van der Waals surface area contributed by atoms with Crippen LogP contribution in [-0.2, 0) is 26.9 Å². The van der Waals surface area contributed by atoms with E-state index in [2.05, 4.69) is 4.74 Å². The van der Waals surface area contributed by atoms with Gasteiger partial charge in [-0.25, -0.2) is 4.39 Å². The molecule has 3 nitrogen and oxygen atoms in total. The smallest absolute Gasteiger partial charge is 0.416 e. The Morgan fingerprint density at radius 1 is 1.20 bits per heavy atom. The summed E-state index contributed by atoms with van der Waals surface area (Å²) in [5.74, 6) is -2.48. The van der Waals surface area contributed by atoms with Gasteiger partial charge < -0.3 is 4.74 Å². The van der Waals surface area contributed by atoms with Crippen molar-refractivity contribution < 1.29 is 31.9 Å². The summed E-state index contributed by atoms with van der Waals surface area (Å²) in [6.07, 6.45) is -5.70. The topological polar surface area (TPSA) is 43.4 Å². The molecule has 0 bridgehead atoms. The first kappa shape index (κ1) is 16.1. The summed E-state index contributed by atoms with van der Waals surface area (Å²) < 4.78 is 55.0. The fourth-order valence-electron chi connectivity index (χ4n) is 1.58. The van der Waals surface area contributed by atoms with Gasteiger partial charge >= 0.3 is 12.1 Å². The fourth-order valence-corrected chi connectivity index (χ4v) is 1.58. The quantitative estimate of drug-likeness (QED) is 0.476. The molecule has 0 unspecified atom stereocenters. The SMILES string of the molecule is CCOC(=O)CC(=O)Cc1cc(F)cc(C(F)(F)F)c1. The van der Waals surface area contributed by atoms with E-state index in [1.165, 1.54) is 0 Å². The highest BCUT2D eigenvalue weighted by atomic mass is 19.4. The van der Waals surface area contributed by atoms with Gasteiger partial charge in [0, 0.05) is 6.42 Å². The highest BCUT2D eigenvalue weighted by Crippen LogP contribution is 2.30. The second-order valence-corrected chi connectivity index (χ2v) is 4.04. The molecule has 0 atom stereocenters. The normalized spacial score (nSPS) is 11.2. The first-order valence-electron chi connectivity index (χ1n) is 5.76. The summed E-state index contributed by atoms with van der Waals surface area (Å²) in [4.78, 5) is 22.5. The van der Waals surface area contributed by atoms with Crippen molar-refractivity contribution in [3.63, 3.8) is 0 Å². The van der Waals surface area contributed by atoms with Crippen molar-refractivity contribution in [2.45, 2.75) is 25.9 Å². The molecular formula is C13H12F4O3. The van der Waals surface area contributed by atoms with Crippen molar-refractivity contribution in [1.29, 1.82) is 0 Å². The average Bonchev–Trinajstić information content (AvgIpc) is 2.26. The van der Waals surface area contributed by atoms with Crippen LogP contribution in [0.4, 0.5) is 17.6 Å². The van der Waals surface area contributed by atoms with E-state index in [0.29, 0.717) is 12.1 Å². The summed E-state index contributed by atoms with van der Waals surface area (Å²) in [5, 5.41) is 0. The Morgan fingerprint density at radius 3 is 2.40 bits per heavy atom. The molecule has 0 heterocycles. The predicted molar refractivity (Wildman–Crippen MR) is 61.4 cm³/mol. The molecule has 0 saturated heterocycles. The largest absolute Gasteiger partial charge is 0.466 e. The van der Waals surface area contributed by atoms with Crippen LogP contribution in [-0.4, -0.2) is 18.4 Å². The van der Waals surface area contributed by atoms with E-state index in [1.54, 1.807) is 6.92 Å². The molecule has 1 aromatic carbocycles. The van der Waals surface area contributed by atoms with Crippen molar-refractivity contribution in [3.8, 4) is 0 Å². The molecule has 110 valence electrons. The van der Waals surface area contributed by atoms with Gasteiger partial charge in [0.1, 0.15) is 18.0 Å². The van der Waals surface area contributed by atoms with Gasteiger partial charge in [-0.15, -0.1) is 0 Å². The number of rotatable bonds is 5. The summed E-state index contributed by atoms with van der Waals surface area (Å²) >= 11 is 0. The zero-order chi connectivity index (χ0) is 15.3. The number of hydrogen-bond acceptors (Lipinski definition) is 3. The maximum atomic E-state index is 13.1. The predicted octanol–water partition coefficient (Wildman–Crippen LogP) is 2.91. The lowest BCUT2D eigenvalue weighted by molar-refractivity contribution is -0.145. The van der Waals surface area contributed by atoms with Crippen LogP contribution in [0.1, 0.15) is 24.5 Å². The Hall–Kier alpha value is -1.92. The van der Waals surface area contributed by atoms with Gasteiger partial charge in [0.2, 0.25) is 0 Å². The molecule has 0 radical (unpaired) electrons. The Balaban J connectivity index is 2.80. The van der Waals surface area contributed by atoms with E-state index >= 15 is 0 Å². The third-order valence-corrected chi connectivity index (χ3v) is 2.33. The van der Waals surface area contributed by atoms with Crippen LogP contribution in [0, 0.1) is 5.82 Å². The number of ketones is 1. The first-order valence-corrected chi connectivity index (χ1v) is 5.76. The Morgan fingerprint density at radius 2 is 1.85 bits per heavy atom. The van der Waals surface area contributed by atoms with E-state index < -0.39 is 42.2 Å². The number of carbonyl (C=O) groups excluding carboxylic acids is 2. The number of alkyl halides is 3. The minimum atomic E-state index is -4.69. The second-order valence-electron chi connectivity index (χ2n) is 4.04. The lowest BCUT2D eigenvalue weighted by Gasteiger charge is -2.09. The van der Waals surface area contributed by atoms with Crippen molar-refractivity contribution in [1.82, 2.24) is 0 Å². The van der Waals surface area contributed by atoms with Gasteiger partial charge in [0.05, 0.1) is 12.2 Å². The minimum Gasteiger partial charge on any atom is -0.466 e. The molecule has 0 aliphatic heterocycles. The van der Waals surface area contributed by atoms with Crippen molar-refractivity contribution in [2.24, 2.45) is 0 Å². The van der Waals surface area contributed by atoms with Crippen LogP contribution in [0.5, 0.6) is 0 Å². The lowest BCUT2D eigenvalue weighted by Crippen LogP contribution is -2.14. The number of hydrogen-bond donors (Lipinski definition) is 0. The maximum Gasteiger partial charge on any atom is 0.416 e. The van der Waals surface area contributed by atoms with E-state index in [-0.39, 0.29) is 12.2 Å². The molecule has 1 rings (SSSR count). The lowest BCUT2D eigenvalue weighted by atomic mass is 10.0. The van der Waals surface area contributed by atoms with Gasteiger partial charge in [0.15, 0.2) is 0 Å². The highest BCUT2D eigenvalue weighted by Gasteiger charge is 2.31. The molecule has 0 aliphatic carbocycles. The van der Waals surface area contributed by atoms with Gasteiger partial charge in [-0.3, -0.25) is 9.59 Å². The molecule has 0 saturated carbocycles. The summed E-state index contributed by atoms with van der Waals surface area (Å²) in [5.41, 5.74) is -1.30. The molecule has 20 heavy (non-hydrogen) atoms. The molecule has 0 spiro atoms. The average molecular weight is 292 g/mol. The molecule has 7 heteroatoms. The molecule has 0 amide bonds. The van der Waals surface area contributed by atoms with Crippen LogP contribution in [0.3, 0.4) is 0 Å². The number of Topliss-reactive ketones (excluding diaryl/α,β-unsaturated/α-hetero) is 1. The van der Waals surface area contributed by atoms with Crippen LogP contribution in [0.15, 0.2) is 18.2 Å². The Bertz CT molecular complexity index is 509. The number of halogens is 4. The number of ether oxygens (including phenoxy) is 1. The summed E-state index contributed by atoms with van der Waals surface area (Å²) in [6.45, 7) is 1.66. The maximum absolute atomic E-state index is 13.1. The van der Waals surface area contributed by atoms with Gasteiger partial charge in [-0.05, 0) is 30.7 Å². The number of carbonyl (C=O) groups is 2. The van der Waals surface area contributed by atoms with Crippen LogP contribution in [0.25, 0.3) is 0 Å². The van der Waals surface area contributed by atoms with Gasteiger partial charge in [-0.1, -0.05) is 0 Å². The van der Waals surface area contributed by atoms with E-state index in [1.807, 2.05) is 0 Å². The van der Waals surface area contributed by atoms with Crippen LogP contribution in [0.2, 0.25) is 0 Å². The van der Waals surface area contributed by atoms with E-state index in [4.69, 9.17) is 0 Å². The van der Waals surface area contributed by atoms with Crippen LogP contribution >= 0.6 is 0 Å². The molecule has 0 aliphatic rings. The zero-order valence-corrected chi connectivity index (χ0v) is 10.6. The molecular weight excluding hydrogens is 280 g/mol. The zero-order valence-electron chi connectivity index (χ0n) is 10.6. The van der Waals surface area contributed by atoms with Crippen LogP contribution < -0.4 is 0 Å². The molecule has 1 aromatic rings. The van der Waals surface area contributed by atoms with Gasteiger partial charge in [0.25, 0.3) is 0 Å². The van der Waals surface area contributed by atoms with Crippen molar-refractivity contribution in [3.05, 3.63) is 35.1 Å². The monoisotopic (exact) mass is 292 g/mol. The van der Waals surface area contributed by atoms with E-state index in [9.17, 15) is 27.2 Å². The third kappa shape index (κ3) is 4.99. The Kier molecular flexibility index (Phi) is 5.24. The Labute approximate surface area is 112 Å². The number of esters is 1. The summed E-state index contributed by atoms with van der Waals surface area (Å²) in [7, 11) is 0. The van der Waals surface area contributed by atoms with E-state index in [0.717, 1.165) is 6.07 Å². The van der Waals surface area contributed by atoms with Gasteiger partial charge in [-0.2, -0.15) is 13.2 Å². The highest BCUT2D eigenvalue weighted by molar-refractivity contribution is 5.96. The second kappa shape index (κ2) is 6.49. The summed E-state index contributed by atoms with van der Waals surface area (Å²) in [6, 6.07) is 1.86. The molecule has 0 aromatic heterocycles. The van der Waals surface area contributed by atoms with Crippen molar-refractivity contribution in [2.75, 3.05) is 6.61 Å². The van der Waals surface area contributed by atoms with Crippen molar-refractivity contribution >= 4 is 11.8 Å². The molecule has 0 N–H and O–H groups in total. The fraction of sp³-hybridized carbons (Fsp3) is 0.385. The number of benzene rings is 1. The molecule has 0 fully saturated rings.